The third-order valence-electron chi connectivity index (χ3n) is 1.43. The van der Waals surface area contributed by atoms with E-state index in [1.54, 1.807) is 12.1 Å². The molecular weight excluding hydrogens is 270 g/mol. The highest BCUT2D eigenvalue weighted by Gasteiger charge is 2.04. The molecule has 0 unspecified atom stereocenters. The number of halogens is 1. The molecule has 0 saturated carbocycles. The van der Waals surface area contributed by atoms with Crippen molar-refractivity contribution in [2.75, 3.05) is 11.0 Å². The van der Waals surface area contributed by atoms with Crippen molar-refractivity contribution in [1.82, 2.24) is 0 Å². The molecule has 76 valence electrons. The minimum Gasteiger partial charge on any atom is -0.298 e. The highest BCUT2D eigenvalue weighted by Crippen LogP contribution is 2.19. The zero-order chi connectivity index (χ0) is 10.8. The molecule has 0 saturated heterocycles. The average Bonchev–Trinajstić information content (AvgIpc) is 2.06. The molecule has 0 fully saturated rings. The molecule has 0 aromatic heterocycles. The van der Waals surface area contributed by atoms with Crippen LogP contribution in [0.4, 0.5) is 5.69 Å². The lowest BCUT2D eigenvalue weighted by atomic mass is 10.2. The van der Waals surface area contributed by atoms with E-state index < -0.39 is 10.0 Å². The van der Waals surface area contributed by atoms with Crippen molar-refractivity contribution in [2.24, 2.45) is 0 Å². The molecule has 1 N–H and O–H groups in total. The monoisotopic (exact) mass is 277 g/mol. The van der Waals surface area contributed by atoms with Crippen LogP contribution in [0.5, 0.6) is 0 Å². The van der Waals surface area contributed by atoms with Gasteiger partial charge in [0.25, 0.3) is 0 Å². The number of nitrogens with one attached hydrogen (secondary N) is 1. The van der Waals surface area contributed by atoms with Gasteiger partial charge in [0.2, 0.25) is 10.0 Å². The number of rotatable bonds is 3. The van der Waals surface area contributed by atoms with Crippen LogP contribution in [0.2, 0.25) is 0 Å². The molecule has 1 aromatic rings. The Kier molecular flexibility index (Phi) is 3.28. The molecule has 0 bridgehead atoms. The maximum Gasteiger partial charge on any atom is 0.229 e. The first-order valence-electron chi connectivity index (χ1n) is 3.65. The standard InChI is InChI=1S/C8H8BrNO3S/c1-14(12,13)10-7-2-3-8(9)6(4-7)5-11/h2-5,10H,1H3. The summed E-state index contributed by atoms with van der Waals surface area (Å²) < 4.78 is 24.7. The summed E-state index contributed by atoms with van der Waals surface area (Å²) >= 11 is 3.16. The van der Waals surface area contributed by atoms with Crippen LogP contribution in [0.25, 0.3) is 0 Å². The van der Waals surface area contributed by atoms with Gasteiger partial charge in [0.05, 0.1) is 6.26 Å². The Morgan fingerprint density at radius 1 is 1.43 bits per heavy atom. The smallest absolute Gasteiger partial charge is 0.229 e. The summed E-state index contributed by atoms with van der Waals surface area (Å²) in [4.78, 5) is 10.5. The molecule has 1 rings (SSSR count). The maximum absolute atomic E-state index is 10.9. The summed E-state index contributed by atoms with van der Waals surface area (Å²) in [5, 5.41) is 0. The quantitative estimate of drug-likeness (QED) is 0.855. The molecule has 6 heteroatoms. The van der Waals surface area contributed by atoms with Crippen LogP contribution >= 0.6 is 15.9 Å². The zero-order valence-corrected chi connectivity index (χ0v) is 9.72. The Morgan fingerprint density at radius 2 is 2.07 bits per heavy atom. The number of anilines is 1. The van der Waals surface area contributed by atoms with Crippen LogP contribution in [0.1, 0.15) is 10.4 Å². The first kappa shape index (κ1) is 11.2. The lowest BCUT2D eigenvalue weighted by Gasteiger charge is -2.04. The summed E-state index contributed by atoms with van der Waals surface area (Å²) in [5.41, 5.74) is 0.774. The van der Waals surface area contributed by atoms with Gasteiger partial charge in [-0.2, -0.15) is 0 Å². The van der Waals surface area contributed by atoms with Gasteiger partial charge in [0.15, 0.2) is 6.29 Å². The van der Waals surface area contributed by atoms with Crippen molar-refractivity contribution in [3.8, 4) is 0 Å². The van der Waals surface area contributed by atoms with E-state index in [0.29, 0.717) is 22.0 Å². The fraction of sp³-hybridized carbons (Fsp3) is 0.125. The number of sulfonamides is 1. The fourth-order valence-electron chi connectivity index (χ4n) is 0.912. The first-order chi connectivity index (χ1) is 6.42. The highest BCUT2D eigenvalue weighted by molar-refractivity contribution is 9.10. The van der Waals surface area contributed by atoms with E-state index >= 15 is 0 Å². The van der Waals surface area contributed by atoms with Crippen molar-refractivity contribution in [3.05, 3.63) is 28.2 Å². The second-order valence-corrected chi connectivity index (χ2v) is 5.33. The number of carbonyl (C=O) groups is 1. The maximum atomic E-state index is 10.9. The van der Waals surface area contributed by atoms with Gasteiger partial charge in [0.1, 0.15) is 0 Å². The van der Waals surface area contributed by atoms with Crippen LogP contribution in [0, 0.1) is 0 Å². The largest absolute Gasteiger partial charge is 0.298 e. The van der Waals surface area contributed by atoms with Crippen LogP contribution in [-0.2, 0) is 10.0 Å². The molecule has 0 heterocycles. The van der Waals surface area contributed by atoms with Crippen molar-refractivity contribution < 1.29 is 13.2 Å². The number of aldehydes is 1. The number of hydrogen-bond acceptors (Lipinski definition) is 3. The molecule has 14 heavy (non-hydrogen) atoms. The Morgan fingerprint density at radius 3 is 2.57 bits per heavy atom. The first-order valence-corrected chi connectivity index (χ1v) is 6.33. The Hall–Kier alpha value is -0.880. The van der Waals surface area contributed by atoms with E-state index in [1.807, 2.05) is 0 Å². The number of carbonyl (C=O) groups excluding carboxylic acids is 1. The molecule has 0 amide bonds. The van der Waals surface area contributed by atoms with E-state index in [9.17, 15) is 13.2 Å². The molecule has 0 spiro atoms. The Balaban J connectivity index is 3.07. The van der Waals surface area contributed by atoms with Crippen molar-refractivity contribution in [3.63, 3.8) is 0 Å². The van der Waals surface area contributed by atoms with E-state index in [4.69, 9.17) is 0 Å². The third-order valence-corrected chi connectivity index (χ3v) is 2.75. The van der Waals surface area contributed by atoms with E-state index in [-0.39, 0.29) is 0 Å². The Bertz CT molecular complexity index is 456. The Labute approximate surface area is 90.5 Å². The molecule has 1 aromatic carbocycles. The lowest BCUT2D eigenvalue weighted by molar-refractivity contribution is 0.112. The normalized spacial score (nSPS) is 11.0. The van der Waals surface area contributed by atoms with Crippen molar-refractivity contribution in [2.45, 2.75) is 0 Å². The minimum atomic E-state index is -3.30. The molecule has 0 aliphatic heterocycles. The molecule has 0 atom stereocenters. The summed E-state index contributed by atoms with van der Waals surface area (Å²) in [6.07, 6.45) is 1.70. The highest BCUT2D eigenvalue weighted by atomic mass is 79.9. The van der Waals surface area contributed by atoms with Crippen molar-refractivity contribution >= 4 is 37.9 Å². The topological polar surface area (TPSA) is 63.2 Å². The fourth-order valence-corrected chi connectivity index (χ4v) is 1.81. The number of benzene rings is 1. The third kappa shape index (κ3) is 3.12. The summed E-state index contributed by atoms with van der Waals surface area (Å²) in [6, 6.07) is 4.63. The second kappa shape index (κ2) is 4.10. The molecular formula is C8H8BrNO3S. The van der Waals surface area contributed by atoms with Gasteiger partial charge in [-0.15, -0.1) is 0 Å². The molecule has 0 radical (unpaired) electrons. The van der Waals surface area contributed by atoms with Crippen molar-refractivity contribution in [1.29, 1.82) is 0 Å². The molecule has 4 nitrogen and oxygen atoms in total. The van der Waals surface area contributed by atoms with Gasteiger partial charge in [-0.3, -0.25) is 9.52 Å². The van der Waals surface area contributed by atoms with E-state index in [2.05, 4.69) is 20.7 Å². The SMILES string of the molecule is CS(=O)(=O)Nc1ccc(Br)c(C=O)c1. The zero-order valence-electron chi connectivity index (χ0n) is 7.32. The summed E-state index contributed by atoms with van der Waals surface area (Å²) in [5.74, 6) is 0. The van der Waals surface area contributed by atoms with Crippen LogP contribution in [0.15, 0.2) is 22.7 Å². The van der Waals surface area contributed by atoms with E-state index in [0.717, 1.165) is 6.26 Å². The van der Waals surface area contributed by atoms with Gasteiger partial charge >= 0.3 is 0 Å². The van der Waals surface area contributed by atoms with E-state index in [1.165, 1.54) is 6.07 Å². The van der Waals surface area contributed by atoms with Crippen LogP contribution in [0.3, 0.4) is 0 Å². The van der Waals surface area contributed by atoms with Crippen LogP contribution in [-0.4, -0.2) is 21.0 Å². The van der Waals surface area contributed by atoms with Gasteiger partial charge in [0, 0.05) is 15.7 Å². The van der Waals surface area contributed by atoms with Gasteiger partial charge < -0.3 is 0 Å². The second-order valence-electron chi connectivity index (χ2n) is 2.73. The van der Waals surface area contributed by atoms with Gasteiger partial charge in [-0.1, -0.05) is 15.9 Å². The molecule has 0 aliphatic rings. The predicted molar refractivity (Wildman–Crippen MR) is 58.0 cm³/mol. The predicted octanol–water partition coefficient (Wildman–Crippen LogP) is 1.63. The molecule has 0 aliphatic carbocycles. The minimum absolute atomic E-state index is 0.373. The van der Waals surface area contributed by atoms with Crippen LogP contribution < -0.4 is 4.72 Å². The number of hydrogen-bond donors (Lipinski definition) is 1. The van der Waals surface area contributed by atoms with Gasteiger partial charge in [-0.05, 0) is 18.2 Å². The summed E-state index contributed by atoms with van der Waals surface area (Å²) in [7, 11) is -3.30. The van der Waals surface area contributed by atoms with Gasteiger partial charge in [-0.25, -0.2) is 8.42 Å². The summed E-state index contributed by atoms with van der Waals surface area (Å²) in [6.45, 7) is 0. The lowest BCUT2D eigenvalue weighted by Crippen LogP contribution is -2.09. The average molecular weight is 278 g/mol.